The van der Waals surface area contributed by atoms with E-state index in [2.05, 4.69) is 15.5 Å². The Labute approximate surface area is 155 Å². The maximum Gasteiger partial charge on any atom is 0.227 e. The monoisotopic (exact) mass is 363 g/mol. The Morgan fingerprint density at radius 1 is 1.42 bits per heavy atom. The molecule has 2 unspecified atom stereocenters. The van der Waals surface area contributed by atoms with Crippen LogP contribution in [0.3, 0.4) is 0 Å². The van der Waals surface area contributed by atoms with Crippen LogP contribution in [0.1, 0.15) is 51.1 Å². The van der Waals surface area contributed by atoms with E-state index >= 15 is 0 Å². The quantitative estimate of drug-likeness (QED) is 0.768. The van der Waals surface area contributed by atoms with Gasteiger partial charge in [0.05, 0.1) is 17.6 Å². The minimum absolute atomic E-state index is 0.0153. The first-order chi connectivity index (χ1) is 12.4. The van der Waals surface area contributed by atoms with E-state index < -0.39 is 5.41 Å². The highest BCUT2D eigenvalue weighted by Crippen LogP contribution is 2.32. The van der Waals surface area contributed by atoms with Gasteiger partial charge in [0.1, 0.15) is 5.82 Å². The van der Waals surface area contributed by atoms with Gasteiger partial charge in [-0.25, -0.2) is 4.39 Å². The Morgan fingerprint density at radius 2 is 2.15 bits per heavy atom. The van der Waals surface area contributed by atoms with Crippen molar-refractivity contribution < 1.29 is 14.3 Å². The van der Waals surface area contributed by atoms with Gasteiger partial charge in [0.2, 0.25) is 5.91 Å². The van der Waals surface area contributed by atoms with E-state index in [9.17, 15) is 14.3 Å². The van der Waals surface area contributed by atoms with Crippen molar-refractivity contribution in [1.29, 1.82) is 0 Å². The average molecular weight is 363 g/mol. The van der Waals surface area contributed by atoms with Crippen LogP contribution in [0, 0.1) is 11.2 Å². The zero-order valence-electron chi connectivity index (χ0n) is 15.7. The van der Waals surface area contributed by atoms with Crippen LogP contribution in [-0.4, -0.2) is 43.3 Å². The lowest BCUT2D eigenvalue weighted by Crippen LogP contribution is -2.49. The van der Waals surface area contributed by atoms with E-state index in [4.69, 9.17) is 0 Å². The van der Waals surface area contributed by atoms with Crippen molar-refractivity contribution in [2.75, 3.05) is 31.1 Å². The Balaban J connectivity index is 1.76. The van der Waals surface area contributed by atoms with Crippen molar-refractivity contribution in [2.24, 2.45) is 5.41 Å². The van der Waals surface area contributed by atoms with Crippen molar-refractivity contribution in [3.05, 3.63) is 29.6 Å². The van der Waals surface area contributed by atoms with Crippen molar-refractivity contribution in [3.8, 4) is 0 Å². The molecule has 0 saturated carbocycles. The molecule has 6 heteroatoms. The maximum atomic E-state index is 13.9. The lowest BCUT2D eigenvalue weighted by molar-refractivity contribution is -0.131. The number of benzene rings is 1. The highest BCUT2D eigenvalue weighted by molar-refractivity contribution is 5.83. The van der Waals surface area contributed by atoms with Crippen LogP contribution in [0.25, 0.3) is 0 Å². The van der Waals surface area contributed by atoms with E-state index in [1.807, 2.05) is 13.8 Å². The molecular formula is C20H30FN3O2. The molecule has 2 saturated heterocycles. The van der Waals surface area contributed by atoms with Gasteiger partial charge >= 0.3 is 0 Å². The van der Waals surface area contributed by atoms with Crippen molar-refractivity contribution >= 4 is 11.6 Å². The summed E-state index contributed by atoms with van der Waals surface area (Å²) >= 11 is 0. The number of anilines is 1. The molecule has 0 aliphatic carbocycles. The van der Waals surface area contributed by atoms with E-state index in [1.54, 1.807) is 6.07 Å². The number of nitrogens with one attached hydrogen (secondary N) is 2. The van der Waals surface area contributed by atoms with Crippen molar-refractivity contribution in [1.82, 2.24) is 10.6 Å². The van der Waals surface area contributed by atoms with E-state index in [1.165, 1.54) is 12.1 Å². The molecule has 3 N–H and O–H groups in total. The smallest absolute Gasteiger partial charge is 0.227 e. The van der Waals surface area contributed by atoms with Gasteiger partial charge in [-0.05, 0) is 64.3 Å². The number of aliphatic hydroxyl groups excluding tert-OH is 1. The van der Waals surface area contributed by atoms with Gasteiger partial charge in [-0.3, -0.25) is 4.79 Å². The summed E-state index contributed by atoms with van der Waals surface area (Å²) in [5, 5.41) is 16.1. The molecule has 1 aromatic carbocycles. The number of hydrogen-bond acceptors (Lipinski definition) is 4. The minimum atomic E-state index is -0.421. The lowest BCUT2D eigenvalue weighted by Gasteiger charge is -2.36. The fraction of sp³-hybridized carbons (Fsp3) is 0.650. The second-order valence-corrected chi connectivity index (χ2v) is 7.96. The number of rotatable bonds is 4. The van der Waals surface area contributed by atoms with Crippen LogP contribution in [-0.2, 0) is 4.79 Å². The van der Waals surface area contributed by atoms with Crippen LogP contribution in [0.2, 0.25) is 0 Å². The molecule has 3 rings (SSSR count). The average Bonchev–Trinajstić information content (AvgIpc) is 2.63. The number of aliphatic hydroxyl groups is 1. The van der Waals surface area contributed by atoms with Gasteiger partial charge in [0.25, 0.3) is 0 Å². The lowest BCUT2D eigenvalue weighted by atomic mass is 9.81. The Hall–Kier alpha value is -1.66. The summed E-state index contributed by atoms with van der Waals surface area (Å²) in [5.41, 5.74) is 1.31. The molecule has 5 nitrogen and oxygen atoms in total. The molecule has 2 heterocycles. The molecule has 0 spiro atoms. The Morgan fingerprint density at radius 3 is 2.81 bits per heavy atom. The number of hydrogen-bond donors (Lipinski definition) is 3. The van der Waals surface area contributed by atoms with Crippen molar-refractivity contribution in [2.45, 2.75) is 51.7 Å². The highest BCUT2D eigenvalue weighted by atomic mass is 19.1. The predicted molar refractivity (Wildman–Crippen MR) is 101 cm³/mol. The third kappa shape index (κ3) is 4.18. The number of nitrogens with zero attached hydrogens (tertiary/aromatic N) is 1. The maximum absolute atomic E-state index is 13.9. The molecule has 26 heavy (non-hydrogen) atoms. The molecule has 2 aliphatic heterocycles. The summed E-state index contributed by atoms with van der Waals surface area (Å²) < 4.78 is 13.9. The van der Waals surface area contributed by atoms with Crippen molar-refractivity contribution in [3.63, 3.8) is 0 Å². The summed E-state index contributed by atoms with van der Waals surface area (Å²) in [6.07, 6.45) is 3.01. The van der Waals surface area contributed by atoms with Crippen LogP contribution in [0.5, 0.6) is 0 Å². The van der Waals surface area contributed by atoms with Gasteiger partial charge in [-0.15, -0.1) is 0 Å². The Kier molecular flexibility index (Phi) is 5.82. The zero-order valence-corrected chi connectivity index (χ0v) is 15.7. The number of piperidine rings is 2. The number of halogens is 1. The third-order valence-electron chi connectivity index (χ3n) is 5.75. The molecule has 144 valence electrons. The normalized spacial score (nSPS) is 25.8. The number of carbonyl (C=O) groups excluding carboxylic acids is 1. The first-order valence-electron chi connectivity index (χ1n) is 9.63. The van der Waals surface area contributed by atoms with Crippen LogP contribution in [0.15, 0.2) is 18.2 Å². The Bertz CT molecular complexity index is 638. The van der Waals surface area contributed by atoms with Crippen LogP contribution >= 0.6 is 0 Å². The summed E-state index contributed by atoms with van der Waals surface area (Å²) in [5.74, 6) is -0.283. The second-order valence-electron chi connectivity index (χ2n) is 7.96. The van der Waals surface area contributed by atoms with Gasteiger partial charge < -0.3 is 20.6 Å². The summed E-state index contributed by atoms with van der Waals surface area (Å²) in [7, 11) is 0. The highest BCUT2D eigenvalue weighted by Gasteiger charge is 2.35. The molecule has 1 aromatic rings. The summed E-state index contributed by atoms with van der Waals surface area (Å²) in [6, 6.07) is 4.49. The van der Waals surface area contributed by atoms with E-state index in [-0.39, 0.29) is 23.9 Å². The third-order valence-corrected chi connectivity index (χ3v) is 5.75. The summed E-state index contributed by atoms with van der Waals surface area (Å²) in [6.45, 7) is 7.00. The first kappa shape index (κ1) is 19.1. The zero-order chi connectivity index (χ0) is 18.7. The topological polar surface area (TPSA) is 64.6 Å². The largest absolute Gasteiger partial charge is 0.393 e. The molecule has 2 fully saturated rings. The SMILES string of the molecule is CC(NC(=O)C1(C)CCCNC1)c1cc(F)ccc1N1CCC(O)CC1. The van der Waals surface area contributed by atoms with Gasteiger partial charge in [0.15, 0.2) is 0 Å². The molecule has 0 aromatic heterocycles. The van der Waals surface area contributed by atoms with Crippen LogP contribution in [0.4, 0.5) is 10.1 Å². The fourth-order valence-electron chi connectivity index (χ4n) is 3.97. The van der Waals surface area contributed by atoms with Gasteiger partial charge in [0, 0.05) is 30.9 Å². The van der Waals surface area contributed by atoms with Gasteiger partial charge in [-0.2, -0.15) is 0 Å². The molecule has 2 aliphatic rings. The molecule has 0 bridgehead atoms. The van der Waals surface area contributed by atoms with Crippen LogP contribution < -0.4 is 15.5 Å². The number of carbonyl (C=O) groups is 1. The second kappa shape index (κ2) is 7.92. The fourth-order valence-corrected chi connectivity index (χ4v) is 3.97. The number of amides is 1. The van der Waals surface area contributed by atoms with E-state index in [0.717, 1.165) is 43.7 Å². The molecule has 0 radical (unpaired) electrons. The van der Waals surface area contributed by atoms with Gasteiger partial charge in [-0.1, -0.05) is 0 Å². The standard InChI is InChI=1S/C20H30FN3O2/c1-14(23-19(26)20(2)8-3-9-22-13-20)17-12-15(21)4-5-18(17)24-10-6-16(25)7-11-24/h4-5,12,14,16,22,25H,3,6-11,13H2,1-2H3,(H,23,26). The summed E-state index contributed by atoms with van der Waals surface area (Å²) in [4.78, 5) is 15.0. The minimum Gasteiger partial charge on any atom is -0.393 e. The molecule has 2 atom stereocenters. The first-order valence-corrected chi connectivity index (χ1v) is 9.63. The van der Waals surface area contributed by atoms with E-state index in [0.29, 0.717) is 19.4 Å². The predicted octanol–water partition coefficient (Wildman–Crippen LogP) is 2.35. The molecule has 1 amide bonds. The molecular weight excluding hydrogens is 333 g/mol.